The second-order valence-corrected chi connectivity index (χ2v) is 7.96. The van der Waals surface area contributed by atoms with Crippen LogP contribution in [-0.2, 0) is 0 Å². The molecule has 0 saturated carbocycles. The second-order valence-electron chi connectivity index (χ2n) is 7.04. The molecule has 1 amide bonds. The number of aromatic nitrogens is 2. The largest absolute Gasteiger partial charge is 0.497 e. The number of likely N-dealkylation sites (tertiary alicyclic amines) is 1. The van der Waals surface area contributed by atoms with Gasteiger partial charge in [-0.15, -0.1) is 0 Å². The average Bonchev–Trinajstić information content (AvgIpc) is 3.28. The van der Waals surface area contributed by atoms with E-state index >= 15 is 0 Å². The smallest absolute Gasteiger partial charge is 0.258 e. The summed E-state index contributed by atoms with van der Waals surface area (Å²) in [4.78, 5) is 19.8. The first-order valence-electron chi connectivity index (χ1n) is 9.73. The van der Waals surface area contributed by atoms with E-state index in [-0.39, 0.29) is 11.9 Å². The molecule has 1 saturated heterocycles. The number of halogens is 1. The lowest BCUT2D eigenvalue weighted by atomic mass is 10.00. The van der Waals surface area contributed by atoms with Crippen LogP contribution in [0, 0.1) is 0 Å². The van der Waals surface area contributed by atoms with Crippen LogP contribution in [0.25, 0.3) is 11.4 Å². The molecular weight excluding hydrogens is 450 g/mol. The minimum atomic E-state index is -0.269. The standard InChI is InChI=1S/C22H22BrN3O4/c1-28-16-10-11-17(19(13-16)29-2)22(27)26-12-4-3-5-18(26)21-24-20(25-30-21)14-6-8-15(23)9-7-14/h6-11,13,18H,3-5,12H2,1-2H3. The fraction of sp³-hybridized carbons (Fsp3) is 0.318. The van der Waals surface area contributed by atoms with E-state index in [1.807, 2.05) is 24.3 Å². The van der Waals surface area contributed by atoms with Crippen molar-refractivity contribution >= 4 is 21.8 Å². The van der Waals surface area contributed by atoms with Crippen molar-refractivity contribution < 1.29 is 18.8 Å². The molecule has 1 unspecified atom stereocenters. The summed E-state index contributed by atoms with van der Waals surface area (Å²) in [6.07, 6.45) is 2.69. The molecule has 1 atom stereocenters. The molecule has 156 valence electrons. The third-order valence-corrected chi connectivity index (χ3v) is 5.76. The molecule has 4 rings (SSSR count). The van der Waals surface area contributed by atoms with Crippen LogP contribution in [0.3, 0.4) is 0 Å². The van der Waals surface area contributed by atoms with E-state index < -0.39 is 0 Å². The third-order valence-electron chi connectivity index (χ3n) is 5.23. The number of carbonyl (C=O) groups excluding carboxylic acids is 1. The van der Waals surface area contributed by atoms with E-state index in [9.17, 15) is 4.79 Å². The quantitative estimate of drug-likeness (QED) is 0.527. The molecule has 0 bridgehead atoms. The van der Waals surface area contributed by atoms with Gasteiger partial charge >= 0.3 is 0 Å². The van der Waals surface area contributed by atoms with Gasteiger partial charge in [-0.2, -0.15) is 4.98 Å². The molecule has 1 aliphatic rings. The number of rotatable bonds is 5. The van der Waals surface area contributed by atoms with Crippen LogP contribution in [0.5, 0.6) is 11.5 Å². The van der Waals surface area contributed by atoms with Crippen molar-refractivity contribution in [2.24, 2.45) is 0 Å². The van der Waals surface area contributed by atoms with Gasteiger partial charge in [-0.1, -0.05) is 21.1 Å². The van der Waals surface area contributed by atoms with Gasteiger partial charge in [0.1, 0.15) is 17.5 Å². The van der Waals surface area contributed by atoms with Gasteiger partial charge in [0, 0.05) is 22.6 Å². The first kappa shape index (κ1) is 20.4. The van der Waals surface area contributed by atoms with Gasteiger partial charge in [0.2, 0.25) is 11.7 Å². The second kappa shape index (κ2) is 8.87. The van der Waals surface area contributed by atoms with Crippen molar-refractivity contribution in [1.29, 1.82) is 0 Å². The number of ether oxygens (including phenoxy) is 2. The number of benzene rings is 2. The van der Waals surface area contributed by atoms with E-state index in [1.54, 1.807) is 37.3 Å². The first-order chi connectivity index (χ1) is 14.6. The summed E-state index contributed by atoms with van der Waals surface area (Å²) in [6, 6.07) is 12.6. The van der Waals surface area contributed by atoms with Crippen molar-refractivity contribution in [3.05, 3.63) is 58.4 Å². The molecule has 1 aromatic heterocycles. The molecule has 0 aliphatic carbocycles. The Hall–Kier alpha value is -2.87. The van der Waals surface area contributed by atoms with Crippen LogP contribution in [0.1, 0.15) is 41.6 Å². The molecule has 3 aromatic rings. The highest BCUT2D eigenvalue weighted by atomic mass is 79.9. The molecule has 0 spiro atoms. The van der Waals surface area contributed by atoms with E-state index in [1.165, 1.54) is 0 Å². The highest BCUT2D eigenvalue weighted by molar-refractivity contribution is 9.10. The van der Waals surface area contributed by atoms with Crippen LogP contribution in [0.4, 0.5) is 0 Å². The molecule has 0 radical (unpaired) electrons. The molecule has 1 fully saturated rings. The summed E-state index contributed by atoms with van der Waals surface area (Å²) in [7, 11) is 3.12. The third kappa shape index (κ3) is 4.05. The Morgan fingerprint density at radius 2 is 1.93 bits per heavy atom. The number of carbonyl (C=O) groups is 1. The molecule has 0 N–H and O–H groups in total. The van der Waals surface area contributed by atoms with Crippen molar-refractivity contribution in [2.45, 2.75) is 25.3 Å². The summed E-state index contributed by atoms with van der Waals surface area (Å²) in [5, 5.41) is 4.13. The summed E-state index contributed by atoms with van der Waals surface area (Å²) < 4.78 is 17.2. The lowest BCUT2D eigenvalue weighted by Crippen LogP contribution is -2.38. The SMILES string of the molecule is COc1ccc(C(=O)N2CCCCC2c2nc(-c3ccc(Br)cc3)no2)c(OC)c1. The lowest BCUT2D eigenvalue weighted by molar-refractivity contribution is 0.0558. The molecule has 2 heterocycles. The Morgan fingerprint density at radius 3 is 2.67 bits per heavy atom. The van der Waals surface area contributed by atoms with E-state index in [2.05, 4.69) is 26.1 Å². The Labute approximate surface area is 183 Å². The van der Waals surface area contributed by atoms with Gasteiger partial charge in [0.05, 0.1) is 19.8 Å². The Morgan fingerprint density at radius 1 is 1.13 bits per heavy atom. The minimum absolute atomic E-state index is 0.123. The van der Waals surface area contributed by atoms with E-state index in [0.29, 0.717) is 35.3 Å². The average molecular weight is 472 g/mol. The van der Waals surface area contributed by atoms with Gasteiger partial charge in [-0.3, -0.25) is 4.79 Å². The van der Waals surface area contributed by atoms with Crippen LogP contribution < -0.4 is 9.47 Å². The van der Waals surface area contributed by atoms with Gasteiger partial charge < -0.3 is 18.9 Å². The fourth-order valence-corrected chi connectivity index (χ4v) is 3.91. The Balaban J connectivity index is 1.62. The maximum absolute atomic E-state index is 13.4. The number of amides is 1. The van der Waals surface area contributed by atoms with Gasteiger partial charge in [0.25, 0.3) is 5.91 Å². The van der Waals surface area contributed by atoms with Crippen LogP contribution >= 0.6 is 15.9 Å². The van der Waals surface area contributed by atoms with Gasteiger partial charge in [0.15, 0.2) is 0 Å². The molecule has 8 heteroatoms. The van der Waals surface area contributed by atoms with Crippen LogP contribution in [-0.4, -0.2) is 41.7 Å². The van der Waals surface area contributed by atoms with E-state index in [4.69, 9.17) is 14.0 Å². The summed E-state index contributed by atoms with van der Waals surface area (Å²) in [5.74, 6) is 1.95. The van der Waals surface area contributed by atoms with Crippen molar-refractivity contribution in [2.75, 3.05) is 20.8 Å². The lowest BCUT2D eigenvalue weighted by Gasteiger charge is -2.33. The van der Waals surface area contributed by atoms with Crippen LogP contribution in [0.2, 0.25) is 0 Å². The summed E-state index contributed by atoms with van der Waals surface area (Å²) in [6.45, 7) is 0.620. The summed E-state index contributed by atoms with van der Waals surface area (Å²) in [5.41, 5.74) is 1.34. The van der Waals surface area contributed by atoms with Crippen LogP contribution in [0.15, 0.2) is 51.5 Å². The molecular formula is C22H22BrN3O4. The minimum Gasteiger partial charge on any atom is -0.497 e. The zero-order chi connectivity index (χ0) is 21.1. The number of piperidine rings is 1. The van der Waals surface area contributed by atoms with Gasteiger partial charge in [-0.25, -0.2) is 0 Å². The first-order valence-corrected chi connectivity index (χ1v) is 10.5. The number of methoxy groups -OCH3 is 2. The predicted molar refractivity (Wildman–Crippen MR) is 115 cm³/mol. The van der Waals surface area contributed by atoms with Gasteiger partial charge in [-0.05, 0) is 55.7 Å². The van der Waals surface area contributed by atoms with Crippen molar-refractivity contribution in [3.63, 3.8) is 0 Å². The number of hydrogen-bond acceptors (Lipinski definition) is 6. The maximum Gasteiger partial charge on any atom is 0.258 e. The zero-order valence-corrected chi connectivity index (χ0v) is 18.4. The zero-order valence-electron chi connectivity index (χ0n) is 16.8. The molecule has 1 aliphatic heterocycles. The maximum atomic E-state index is 13.4. The monoisotopic (exact) mass is 471 g/mol. The van der Waals surface area contributed by atoms with E-state index in [0.717, 1.165) is 29.3 Å². The normalized spacial score (nSPS) is 16.4. The number of hydrogen-bond donors (Lipinski definition) is 0. The Kier molecular flexibility index (Phi) is 6.03. The molecule has 30 heavy (non-hydrogen) atoms. The predicted octanol–water partition coefficient (Wildman–Crippen LogP) is 4.88. The molecule has 7 nitrogen and oxygen atoms in total. The van der Waals surface area contributed by atoms with Crippen molar-refractivity contribution in [3.8, 4) is 22.9 Å². The Bertz CT molecular complexity index is 1040. The topological polar surface area (TPSA) is 77.7 Å². The van der Waals surface area contributed by atoms with Crippen molar-refractivity contribution in [1.82, 2.24) is 15.0 Å². The number of nitrogens with zero attached hydrogens (tertiary/aromatic N) is 3. The highest BCUT2D eigenvalue weighted by Gasteiger charge is 2.34. The fourth-order valence-electron chi connectivity index (χ4n) is 3.65. The molecule has 2 aromatic carbocycles. The summed E-state index contributed by atoms with van der Waals surface area (Å²) >= 11 is 3.43. The highest BCUT2D eigenvalue weighted by Crippen LogP contribution is 2.34.